The number of hydrogen-bond acceptors (Lipinski definition) is 3. The minimum absolute atomic E-state index is 0.153. The summed E-state index contributed by atoms with van der Waals surface area (Å²) in [6, 6.07) is 21.7. The molecule has 0 unspecified atom stereocenters. The van der Waals surface area contributed by atoms with Crippen molar-refractivity contribution in [2.24, 2.45) is 0 Å². The van der Waals surface area contributed by atoms with E-state index in [1.807, 2.05) is 57.2 Å². The lowest BCUT2D eigenvalue weighted by Gasteiger charge is -2.25. The van der Waals surface area contributed by atoms with Crippen LogP contribution >= 0.6 is 0 Å². The lowest BCUT2D eigenvalue weighted by atomic mass is 10.0. The molecule has 0 aromatic heterocycles. The molecule has 174 valence electrons. The van der Waals surface area contributed by atoms with Gasteiger partial charge in [0.1, 0.15) is 6.54 Å². The Kier molecular flexibility index (Phi) is 7.59. The molecule has 3 rings (SSSR count). The summed E-state index contributed by atoms with van der Waals surface area (Å²) in [5.74, 6) is -0.0495. The molecular weight excluding hydrogens is 432 g/mol. The molecule has 0 aliphatic carbocycles. The summed E-state index contributed by atoms with van der Waals surface area (Å²) in [6.07, 6.45) is 0. The second-order valence-electron chi connectivity index (χ2n) is 8.77. The van der Waals surface area contributed by atoms with E-state index >= 15 is 0 Å². The van der Waals surface area contributed by atoms with Gasteiger partial charge in [-0.05, 0) is 62.1 Å². The number of amides is 1. The van der Waals surface area contributed by atoms with Gasteiger partial charge in [-0.25, -0.2) is 8.42 Å². The highest BCUT2D eigenvalue weighted by atomic mass is 32.2. The maximum atomic E-state index is 13.5. The molecule has 5 nitrogen and oxygen atoms in total. The molecule has 1 N–H and O–H groups in total. The van der Waals surface area contributed by atoms with Crippen molar-refractivity contribution in [3.63, 3.8) is 0 Å². The van der Waals surface area contributed by atoms with Crippen molar-refractivity contribution in [2.45, 2.75) is 51.5 Å². The molecule has 0 saturated carbocycles. The number of rotatable bonds is 8. The summed E-state index contributed by atoms with van der Waals surface area (Å²) in [7, 11) is -3.93. The predicted molar refractivity (Wildman–Crippen MR) is 134 cm³/mol. The largest absolute Gasteiger partial charge is 0.348 e. The summed E-state index contributed by atoms with van der Waals surface area (Å²) < 4.78 is 28.3. The first-order valence-electron chi connectivity index (χ1n) is 11.1. The summed E-state index contributed by atoms with van der Waals surface area (Å²) >= 11 is 0. The maximum Gasteiger partial charge on any atom is 0.264 e. The summed E-state index contributed by atoms with van der Waals surface area (Å²) in [5, 5.41) is 2.93. The second kappa shape index (κ2) is 10.2. The van der Waals surface area contributed by atoms with Gasteiger partial charge in [-0.3, -0.25) is 9.10 Å². The van der Waals surface area contributed by atoms with Gasteiger partial charge in [0.2, 0.25) is 5.91 Å². The van der Waals surface area contributed by atoms with Gasteiger partial charge in [-0.15, -0.1) is 0 Å². The molecule has 0 radical (unpaired) electrons. The molecule has 0 spiro atoms. The Morgan fingerprint density at radius 3 is 1.79 bits per heavy atom. The van der Waals surface area contributed by atoms with E-state index in [1.165, 1.54) is 4.31 Å². The average molecular weight is 465 g/mol. The van der Waals surface area contributed by atoms with E-state index in [0.717, 1.165) is 22.3 Å². The number of nitrogens with zero attached hydrogens (tertiary/aromatic N) is 1. The fourth-order valence-corrected chi connectivity index (χ4v) is 4.95. The minimum atomic E-state index is -3.93. The number of benzene rings is 3. The highest BCUT2D eigenvalue weighted by molar-refractivity contribution is 7.92. The van der Waals surface area contributed by atoms with Crippen LogP contribution in [0.15, 0.2) is 77.7 Å². The van der Waals surface area contributed by atoms with E-state index in [-0.39, 0.29) is 23.4 Å². The molecule has 3 aromatic carbocycles. The van der Waals surface area contributed by atoms with Crippen molar-refractivity contribution >= 4 is 21.6 Å². The third-order valence-corrected chi connectivity index (χ3v) is 7.49. The van der Waals surface area contributed by atoms with Crippen molar-refractivity contribution in [1.29, 1.82) is 0 Å². The smallest absolute Gasteiger partial charge is 0.264 e. The molecule has 0 fully saturated rings. The normalized spacial score (nSPS) is 12.4. The van der Waals surface area contributed by atoms with Gasteiger partial charge in [0.25, 0.3) is 10.0 Å². The second-order valence-corrected chi connectivity index (χ2v) is 10.6. The number of carbonyl (C=O) groups excluding carboxylic acids is 1. The number of hydrogen-bond donors (Lipinski definition) is 1. The lowest BCUT2D eigenvalue weighted by molar-refractivity contribution is -0.120. The van der Waals surface area contributed by atoms with Crippen LogP contribution in [0.5, 0.6) is 0 Å². The summed E-state index contributed by atoms with van der Waals surface area (Å²) in [4.78, 5) is 13.1. The van der Waals surface area contributed by atoms with Gasteiger partial charge in [-0.1, -0.05) is 73.5 Å². The fourth-order valence-electron chi connectivity index (χ4n) is 3.53. The average Bonchev–Trinajstić information content (AvgIpc) is 2.78. The van der Waals surface area contributed by atoms with Gasteiger partial charge in [0.05, 0.1) is 16.6 Å². The van der Waals surface area contributed by atoms with Crippen LogP contribution in [0.3, 0.4) is 0 Å². The Bertz CT molecular complexity index is 1180. The van der Waals surface area contributed by atoms with E-state index in [4.69, 9.17) is 0 Å². The predicted octanol–water partition coefficient (Wildman–Crippen LogP) is 5.50. The van der Waals surface area contributed by atoms with Crippen molar-refractivity contribution in [3.05, 3.63) is 95.1 Å². The maximum absolute atomic E-state index is 13.5. The SMILES string of the molecule is Cc1ccc([C@H](C)NC(=O)CN(c2ccc(C(C)C)cc2)S(=O)(=O)c2ccc(C)cc2)cc1. The van der Waals surface area contributed by atoms with Gasteiger partial charge in [0.15, 0.2) is 0 Å². The zero-order chi connectivity index (χ0) is 24.2. The third-order valence-electron chi connectivity index (χ3n) is 5.70. The Balaban J connectivity index is 1.90. The van der Waals surface area contributed by atoms with Gasteiger partial charge < -0.3 is 5.32 Å². The molecule has 0 bridgehead atoms. The van der Waals surface area contributed by atoms with Crippen LogP contribution < -0.4 is 9.62 Å². The fraction of sp³-hybridized carbons (Fsp3) is 0.296. The number of anilines is 1. The van der Waals surface area contributed by atoms with E-state index in [0.29, 0.717) is 11.6 Å². The standard InChI is InChI=1S/C27H32N2O3S/c1-19(2)23-12-14-25(15-13-23)29(33(31,32)26-16-8-21(4)9-17-26)18-27(30)28-22(5)24-10-6-20(3)7-11-24/h6-17,19,22H,18H2,1-5H3,(H,28,30)/t22-/m0/s1. The topological polar surface area (TPSA) is 66.5 Å². The molecule has 0 aliphatic heterocycles. The van der Waals surface area contributed by atoms with Crippen LogP contribution in [-0.2, 0) is 14.8 Å². The van der Waals surface area contributed by atoms with E-state index in [9.17, 15) is 13.2 Å². The molecule has 0 heterocycles. The van der Waals surface area contributed by atoms with Crippen LogP contribution in [0.2, 0.25) is 0 Å². The highest BCUT2D eigenvalue weighted by Gasteiger charge is 2.27. The number of carbonyl (C=O) groups is 1. The quantitative estimate of drug-likeness (QED) is 0.479. The first-order valence-corrected chi connectivity index (χ1v) is 12.6. The van der Waals surface area contributed by atoms with Crippen molar-refractivity contribution < 1.29 is 13.2 Å². The summed E-state index contributed by atoms with van der Waals surface area (Å²) in [5.41, 5.74) is 4.62. The molecule has 0 aliphatic rings. The van der Waals surface area contributed by atoms with Gasteiger partial charge in [0, 0.05) is 0 Å². The number of nitrogens with one attached hydrogen (secondary N) is 1. The Labute approximate surface area is 197 Å². The van der Waals surface area contributed by atoms with Gasteiger partial charge in [-0.2, -0.15) is 0 Å². The monoisotopic (exact) mass is 464 g/mol. The van der Waals surface area contributed by atoms with Crippen LogP contribution in [0.4, 0.5) is 5.69 Å². The number of aryl methyl sites for hydroxylation is 2. The molecule has 33 heavy (non-hydrogen) atoms. The van der Waals surface area contributed by atoms with Crippen molar-refractivity contribution in [2.75, 3.05) is 10.8 Å². The molecule has 6 heteroatoms. The first kappa shape index (κ1) is 24.5. The lowest BCUT2D eigenvalue weighted by Crippen LogP contribution is -2.41. The third kappa shape index (κ3) is 6.02. The van der Waals surface area contributed by atoms with Crippen LogP contribution in [-0.4, -0.2) is 20.9 Å². The van der Waals surface area contributed by atoms with Crippen molar-refractivity contribution in [1.82, 2.24) is 5.32 Å². The van der Waals surface area contributed by atoms with E-state index in [1.54, 1.807) is 36.4 Å². The highest BCUT2D eigenvalue weighted by Crippen LogP contribution is 2.26. The first-order chi connectivity index (χ1) is 15.6. The molecular formula is C27H32N2O3S. The van der Waals surface area contributed by atoms with E-state index < -0.39 is 10.0 Å². The zero-order valence-corrected chi connectivity index (χ0v) is 20.7. The Hall–Kier alpha value is -3.12. The Morgan fingerprint density at radius 2 is 1.27 bits per heavy atom. The molecule has 1 amide bonds. The van der Waals surface area contributed by atoms with Crippen LogP contribution in [0.25, 0.3) is 0 Å². The number of sulfonamides is 1. The molecule has 0 saturated heterocycles. The van der Waals surface area contributed by atoms with E-state index in [2.05, 4.69) is 19.2 Å². The Morgan fingerprint density at radius 1 is 0.788 bits per heavy atom. The summed E-state index contributed by atoms with van der Waals surface area (Å²) in [6.45, 7) is 9.64. The molecule has 3 aromatic rings. The minimum Gasteiger partial charge on any atom is -0.348 e. The molecule has 1 atom stereocenters. The van der Waals surface area contributed by atoms with Crippen molar-refractivity contribution in [3.8, 4) is 0 Å². The van der Waals surface area contributed by atoms with Crippen LogP contribution in [0.1, 0.15) is 55.0 Å². The van der Waals surface area contributed by atoms with Crippen LogP contribution in [0, 0.1) is 13.8 Å². The zero-order valence-electron chi connectivity index (χ0n) is 19.9. The van der Waals surface area contributed by atoms with Gasteiger partial charge >= 0.3 is 0 Å².